The lowest BCUT2D eigenvalue weighted by Gasteiger charge is -2.31. The van der Waals surface area contributed by atoms with Gasteiger partial charge in [-0.1, -0.05) is 106 Å². The number of hydrogen-bond donors (Lipinski definition) is 1. The van der Waals surface area contributed by atoms with E-state index in [2.05, 4.69) is 111 Å². The van der Waals surface area contributed by atoms with E-state index in [1.54, 1.807) is 0 Å². The number of nitrogens with zero attached hydrogens (tertiary/aromatic N) is 1. The molecule has 0 bridgehead atoms. The Morgan fingerprint density at radius 1 is 1.07 bits per heavy atom. The van der Waals surface area contributed by atoms with Crippen molar-refractivity contribution < 1.29 is 0 Å². The molecular weight excluding hydrogens is 371 g/mol. The third-order valence-electron chi connectivity index (χ3n) is 4.80. The van der Waals surface area contributed by atoms with E-state index in [9.17, 15) is 0 Å². The van der Waals surface area contributed by atoms with E-state index in [0.29, 0.717) is 12.2 Å². The lowest BCUT2D eigenvalue weighted by Crippen LogP contribution is -2.33. The summed E-state index contributed by atoms with van der Waals surface area (Å²) in [5.41, 5.74) is 3.10. The highest BCUT2D eigenvalue weighted by Crippen LogP contribution is 2.54. The molecule has 2 nitrogen and oxygen atoms in total. The number of benzene rings is 1. The van der Waals surface area contributed by atoms with Crippen molar-refractivity contribution in [1.29, 1.82) is 0 Å². The molecule has 2 aliphatic carbocycles. The average Bonchev–Trinajstić information content (AvgIpc) is 3.00. The normalized spacial score (nSPS) is 20.3. The number of allylic oxidation sites excluding steroid dienone is 10. The lowest BCUT2D eigenvalue weighted by atomic mass is 9.97. The van der Waals surface area contributed by atoms with Crippen molar-refractivity contribution in [3.05, 3.63) is 95.9 Å². The van der Waals surface area contributed by atoms with Crippen LogP contribution in [0.4, 0.5) is 0 Å². The summed E-state index contributed by atoms with van der Waals surface area (Å²) in [7, 11) is -0.592. The number of aliphatic imine (C=N–C) groups is 1. The first kappa shape index (κ1) is 21.5. The fourth-order valence-corrected chi connectivity index (χ4v) is 5.85. The lowest BCUT2D eigenvalue weighted by molar-refractivity contribution is 0.409. The van der Waals surface area contributed by atoms with Gasteiger partial charge in [0.1, 0.15) is 5.58 Å². The van der Waals surface area contributed by atoms with Gasteiger partial charge in [-0.3, -0.25) is 4.99 Å². The Balaban J connectivity index is 1.94. The summed E-state index contributed by atoms with van der Waals surface area (Å²) in [6, 6.07) is 10.6. The van der Waals surface area contributed by atoms with Gasteiger partial charge in [0.15, 0.2) is 0 Å². The minimum atomic E-state index is -0.592. The SMILES string of the molecule is CC(C)(C)CNC(=NCc1ccccc1)P(C1=CCC=CC=C1)C1C=CC=CC1. The van der Waals surface area contributed by atoms with Gasteiger partial charge in [-0.15, -0.1) is 0 Å². The number of amidine groups is 1. The summed E-state index contributed by atoms with van der Waals surface area (Å²) in [6.07, 6.45) is 22.3. The van der Waals surface area contributed by atoms with Crippen LogP contribution in [0.1, 0.15) is 39.2 Å². The highest BCUT2D eigenvalue weighted by atomic mass is 31.1. The molecule has 0 fully saturated rings. The van der Waals surface area contributed by atoms with Crippen LogP contribution in [0.3, 0.4) is 0 Å². The van der Waals surface area contributed by atoms with E-state index in [1.165, 1.54) is 16.5 Å². The molecule has 0 heterocycles. The summed E-state index contributed by atoms with van der Waals surface area (Å²) in [4.78, 5) is 5.16. The zero-order valence-corrected chi connectivity index (χ0v) is 18.8. The molecule has 29 heavy (non-hydrogen) atoms. The molecule has 0 saturated heterocycles. The molecule has 3 rings (SSSR count). The van der Waals surface area contributed by atoms with Crippen LogP contribution in [0.5, 0.6) is 0 Å². The molecule has 152 valence electrons. The third kappa shape index (κ3) is 6.98. The van der Waals surface area contributed by atoms with Crippen LogP contribution in [0.25, 0.3) is 0 Å². The van der Waals surface area contributed by atoms with Gasteiger partial charge in [-0.2, -0.15) is 0 Å². The Labute approximate surface area is 177 Å². The second-order valence-electron chi connectivity index (χ2n) is 8.68. The minimum absolute atomic E-state index is 0.200. The average molecular weight is 405 g/mol. The molecule has 1 N–H and O–H groups in total. The topological polar surface area (TPSA) is 24.4 Å². The Morgan fingerprint density at radius 2 is 1.86 bits per heavy atom. The van der Waals surface area contributed by atoms with E-state index in [0.717, 1.165) is 19.4 Å². The molecule has 0 aromatic heterocycles. The second kappa shape index (κ2) is 10.6. The van der Waals surface area contributed by atoms with Crippen LogP contribution in [0.2, 0.25) is 0 Å². The molecule has 0 amide bonds. The Kier molecular flexibility index (Phi) is 7.83. The van der Waals surface area contributed by atoms with Crippen LogP contribution in [0, 0.1) is 5.41 Å². The van der Waals surface area contributed by atoms with Crippen molar-refractivity contribution in [3.63, 3.8) is 0 Å². The summed E-state index contributed by atoms with van der Waals surface area (Å²) in [5, 5.41) is 5.19. The van der Waals surface area contributed by atoms with Crippen molar-refractivity contribution in [2.75, 3.05) is 6.54 Å². The van der Waals surface area contributed by atoms with E-state index in [4.69, 9.17) is 4.99 Å². The van der Waals surface area contributed by atoms with E-state index < -0.39 is 7.92 Å². The molecule has 2 unspecified atom stereocenters. The monoisotopic (exact) mass is 404 g/mol. The molecule has 2 atom stereocenters. The van der Waals surface area contributed by atoms with E-state index in [-0.39, 0.29) is 5.41 Å². The molecule has 3 heteroatoms. The molecule has 0 radical (unpaired) electrons. The molecule has 0 saturated carbocycles. The molecular formula is C26H33N2P. The zero-order chi connectivity index (χ0) is 20.5. The molecule has 2 aliphatic rings. The van der Waals surface area contributed by atoms with Gasteiger partial charge in [-0.25, -0.2) is 0 Å². The third-order valence-corrected chi connectivity index (χ3v) is 7.49. The first-order chi connectivity index (χ1) is 14.0. The fourth-order valence-electron chi connectivity index (χ4n) is 3.29. The zero-order valence-electron chi connectivity index (χ0n) is 17.9. The molecule has 0 aliphatic heterocycles. The highest BCUT2D eigenvalue weighted by Gasteiger charge is 2.28. The van der Waals surface area contributed by atoms with E-state index in [1.807, 2.05) is 0 Å². The van der Waals surface area contributed by atoms with Gasteiger partial charge in [0.25, 0.3) is 0 Å². The van der Waals surface area contributed by atoms with Crippen molar-refractivity contribution >= 4 is 13.5 Å². The predicted octanol–water partition coefficient (Wildman–Crippen LogP) is 6.94. The van der Waals surface area contributed by atoms with Gasteiger partial charge in [-0.05, 0) is 29.1 Å². The summed E-state index contributed by atoms with van der Waals surface area (Å²) < 4.78 is 0. The summed E-state index contributed by atoms with van der Waals surface area (Å²) >= 11 is 0. The van der Waals surface area contributed by atoms with Gasteiger partial charge in [0, 0.05) is 20.1 Å². The van der Waals surface area contributed by atoms with Crippen LogP contribution >= 0.6 is 7.92 Å². The van der Waals surface area contributed by atoms with Crippen molar-refractivity contribution in [3.8, 4) is 0 Å². The molecule has 0 spiro atoms. The maximum absolute atomic E-state index is 5.16. The van der Waals surface area contributed by atoms with Gasteiger partial charge in [0.05, 0.1) is 6.54 Å². The van der Waals surface area contributed by atoms with Crippen molar-refractivity contribution in [1.82, 2.24) is 5.32 Å². The van der Waals surface area contributed by atoms with Gasteiger partial charge in [0.2, 0.25) is 0 Å². The van der Waals surface area contributed by atoms with Crippen LogP contribution in [-0.2, 0) is 6.54 Å². The highest BCUT2D eigenvalue weighted by molar-refractivity contribution is 7.79. The maximum atomic E-state index is 5.16. The van der Waals surface area contributed by atoms with Crippen molar-refractivity contribution in [2.24, 2.45) is 10.4 Å². The smallest absolute Gasteiger partial charge is 0.125 e. The fraction of sp³-hybridized carbons (Fsp3) is 0.346. The van der Waals surface area contributed by atoms with Crippen LogP contribution in [0.15, 0.2) is 95.3 Å². The standard InChI is InChI=1S/C26H33N2P/c1-26(2,3)21-28-25(27-20-22-14-8-6-9-15-22)29(24-18-12-7-13-19-24)23-16-10-4-5-11-17-23/h4-10,12-18,24H,11,19-21H2,1-3H3,(H,27,28). The predicted molar refractivity (Wildman–Crippen MR) is 130 cm³/mol. The second-order valence-corrected chi connectivity index (χ2v) is 11.0. The number of rotatable bonds is 6. The minimum Gasteiger partial charge on any atom is -0.369 e. The summed E-state index contributed by atoms with van der Waals surface area (Å²) in [5.74, 6) is 0. The van der Waals surface area contributed by atoms with Gasteiger partial charge >= 0.3 is 0 Å². The maximum Gasteiger partial charge on any atom is 0.125 e. The van der Waals surface area contributed by atoms with Crippen LogP contribution in [-0.4, -0.2) is 17.8 Å². The van der Waals surface area contributed by atoms with Crippen LogP contribution < -0.4 is 5.32 Å². The molecule has 1 aromatic carbocycles. The summed E-state index contributed by atoms with van der Waals surface area (Å²) in [6.45, 7) is 8.45. The van der Waals surface area contributed by atoms with Crippen molar-refractivity contribution in [2.45, 2.75) is 45.8 Å². The quantitative estimate of drug-likeness (QED) is 0.310. The number of hydrogen-bond acceptors (Lipinski definition) is 1. The Bertz CT molecular complexity index is 835. The Morgan fingerprint density at radius 3 is 2.59 bits per heavy atom. The first-order valence-electron chi connectivity index (χ1n) is 10.5. The Hall–Kier alpha value is -2.18. The van der Waals surface area contributed by atoms with Gasteiger partial charge < -0.3 is 5.32 Å². The van der Waals surface area contributed by atoms with E-state index >= 15 is 0 Å². The first-order valence-corrected chi connectivity index (χ1v) is 11.9. The largest absolute Gasteiger partial charge is 0.369 e. The molecule has 1 aromatic rings. The number of nitrogens with one attached hydrogen (secondary N) is 1.